The number of alkyl halides is 1. The molecular weight excluding hydrogens is 232 g/mol. The number of ether oxygens (including phenoxy) is 1. The van der Waals surface area contributed by atoms with Crippen molar-refractivity contribution in [3.8, 4) is 0 Å². The number of aromatic nitrogens is 1. The molecule has 1 rings (SSSR count). The Balaban J connectivity index is 0.00000144. The number of rotatable bonds is 3. The average molecular weight is 243 g/mol. The van der Waals surface area contributed by atoms with Crippen LogP contribution in [-0.2, 0) is 17.2 Å². The van der Waals surface area contributed by atoms with Crippen molar-refractivity contribution in [2.24, 2.45) is 0 Å². The molecule has 0 aliphatic rings. The highest BCUT2D eigenvalue weighted by Crippen LogP contribution is 2.20. The normalized spacial score (nSPS) is 9.46. The highest BCUT2D eigenvalue weighted by molar-refractivity contribution is 6.32. The van der Waals surface area contributed by atoms with E-state index >= 15 is 0 Å². The van der Waals surface area contributed by atoms with Gasteiger partial charge in [-0.3, -0.25) is 4.98 Å². The third kappa shape index (κ3) is 3.31. The molecule has 0 aliphatic carbocycles. The van der Waals surface area contributed by atoms with Gasteiger partial charge in [-0.05, 0) is 5.56 Å². The van der Waals surface area contributed by atoms with Crippen LogP contribution in [0.15, 0.2) is 12.4 Å². The van der Waals surface area contributed by atoms with Gasteiger partial charge in [-0.1, -0.05) is 11.6 Å². The van der Waals surface area contributed by atoms with E-state index in [1.54, 1.807) is 19.5 Å². The molecule has 1 aromatic heterocycles. The summed E-state index contributed by atoms with van der Waals surface area (Å²) in [6.07, 6.45) is 3.30. The van der Waals surface area contributed by atoms with Crippen LogP contribution in [0.4, 0.5) is 0 Å². The quantitative estimate of drug-likeness (QED) is 0.760. The Labute approximate surface area is 93.6 Å². The van der Waals surface area contributed by atoms with Crippen molar-refractivity contribution in [3.63, 3.8) is 0 Å². The van der Waals surface area contributed by atoms with Gasteiger partial charge in [0.1, 0.15) is 0 Å². The van der Waals surface area contributed by atoms with E-state index in [1.807, 2.05) is 0 Å². The summed E-state index contributed by atoms with van der Waals surface area (Å²) < 4.78 is 4.97. The fourth-order valence-corrected chi connectivity index (χ4v) is 1.56. The standard InChI is InChI=1S/C8H9Cl2NO.ClH/c1-12-5-6-3-11-4-8(10)7(6)2-9;/h3-4H,2,5H2,1H3;1H. The van der Waals surface area contributed by atoms with Crippen LogP contribution in [0.25, 0.3) is 0 Å². The third-order valence-corrected chi connectivity index (χ3v) is 2.12. The van der Waals surface area contributed by atoms with E-state index in [9.17, 15) is 0 Å². The van der Waals surface area contributed by atoms with E-state index in [2.05, 4.69) is 4.98 Å². The predicted octanol–water partition coefficient (Wildman–Crippen LogP) is 3.04. The Hall–Kier alpha value is -0.0200. The van der Waals surface area contributed by atoms with Gasteiger partial charge in [-0.2, -0.15) is 0 Å². The smallest absolute Gasteiger partial charge is 0.0731 e. The second-order valence-corrected chi connectivity index (χ2v) is 3.00. The Morgan fingerprint density at radius 2 is 2.15 bits per heavy atom. The molecule has 0 aromatic carbocycles. The number of methoxy groups -OCH3 is 1. The number of halogens is 3. The Bertz CT molecular complexity index is 268. The molecule has 0 aliphatic heterocycles. The molecule has 0 radical (unpaired) electrons. The number of hydrogen-bond donors (Lipinski definition) is 0. The first kappa shape index (κ1) is 13.0. The lowest BCUT2D eigenvalue weighted by atomic mass is 10.2. The fourth-order valence-electron chi connectivity index (χ4n) is 0.931. The zero-order valence-electron chi connectivity index (χ0n) is 7.09. The molecule has 1 heterocycles. The minimum absolute atomic E-state index is 0. The molecule has 1 aromatic rings. The van der Waals surface area contributed by atoms with E-state index in [1.165, 1.54) is 0 Å². The van der Waals surface area contributed by atoms with Crippen LogP contribution in [-0.4, -0.2) is 12.1 Å². The first-order valence-electron chi connectivity index (χ1n) is 3.45. The topological polar surface area (TPSA) is 22.1 Å². The van der Waals surface area contributed by atoms with Gasteiger partial charge in [-0.15, -0.1) is 24.0 Å². The zero-order chi connectivity index (χ0) is 8.97. The molecule has 0 fully saturated rings. The van der Waals surface area contributed by atoms with Crippen LogP contribution in [0.5, 0.6) is 0 Å². The Morgan fingerprint density at radius 1 is 1.46 bits per heavy atom. The summed E-state index contributed by atoms with van der Waals surface area (Å²) >= 11 is 11.6. The van der Waals surface area contributed by atoms with Gasteiger partial charge in [0.25, 0.3) is 0 Å². The van der Waals surface area contributed by atoms with Crippen molar-refractivity contribution < 1.29 is 4.74 Å². The summed E-state index contributed by atoms with van der Waals surface area (Å²) in [6, 6.07) is 0. The van der Waals surface area contributed by atoms with Crippen molar-refractivity contribution in [1.29, 1.82) is 0 Å². The molecule has 0 spiro atoms. The van der Waals surface area contributed by atoms with E-state index in [0.717, 1.165) is 11.1 Å². The lowest BCUT2D eigenvalue weighted by Crippen LogP contribution is -1.95. The Kier molecular flexibility index (Phi) is 6.43. The molecule has 0 N–H and O–H groups in total. The third-order valence-electron chi connectivity index (χ3n) is 1.53. The lowest BCUT2D eigenvalue weighted by molar-refractivity contribution is 0.184. The van der Waals surface area contributed by atoms with Crippen LogP contribution in [0, 0.1) is 0 Å². The van der Waals surface area contributed by atoms with Gasteiger partial charge >= 0.3 is 0 Å². The molecule has 74 valence electrons. The summed E-state index contributed by atoms with van der Waals surface area (Å²) in [5, 5.41) is 0.597. The molecule has 5 heteroatoms. The molecule has 0 saturated heterocycles. The zero-order valence-corrected chi connectivity index (χ0v) is 9.42. The fraction of sp³-hybridized carbons (Fsp3) is 0.375. The second-order valence-electron chi connectivity index (χ2n) is 2.33. The van der Waals surface area contributed by atoms with Crippen molar-refractivity contribution in [1.82, 2.24) is 4.98 Å². The van der Waals surface area contributed by atoms with Crippen LogP contribution in [0.2, 0.25) is 5.02 Å². The molecule has 0 saturated carbocycles. The maximum atomic E-state index is 5.86. The van der Waals surface area contributed by atoms with Gasteiger partial charge in [-0.25, -0.2) is 0 Å². The van der Waals surface area contributed by atoms with Crippen molar-refractivity contribution >= 4 is 35.6 Å². The minimum Gasteiger partial charge on any atom is -0.380 e. The highest BCUT2D eigenvalue weighted by atomic mass is 35.5. The highest BCUT2D eigenvalue weighted by Gasteiger charge is 2.05. The Morgan fingerprint density at radius 3 is 2.69 bits per heavy atom. The maximum absolute atomic E-state index is 5.86. The van der Waals surface area contributed by atoms with Crippen LogP contribution in [0.3, 0.4) is 0 Å². The summed E-state index contributed by atoms with van der Waals surface area (Å²) in [6.45, 7) is 0.496. The van der Waals surface area contributed by atoms with E-state index in [0.29, 0.717) is 17.5 Å². The molecular formula is C8H10Cl3NO. The van der Waals surface area contributed by atoms with Gasteiger partial charge in [0, 0.05) is 30.9 Å². The van der Waals surface area contributed by atoms with Crippen molar-refractivity contribution in [3.05, 3.63) is 28.5 Å². The van der Waals surface area contributed by atoms with Crippen LogP contribution < -0.4 is 0 Å². The van der Waals surface area contributed by atoms with Crippen LogP contribution >= 0.6 is 35.6 Å². The lowest BCUT2D eigenvalue weighted by Gasteiger charge is -2.06. The van der Waals surface area contributed by atoms with Gasteiger partial charge in [0.15, 0.2) is 0 Å². The van der Waals surface area contributed by atoms with Gasteiger partial charge in [0.2, 0.25) is 0 Å². The summed E-state index contributed by atoms with van der Waals surface area (Å²) in [5.41, 5.74) is 1.84. The monoisotopic (exact) mass is 241 g/mol. The summed E-state index contributed by atoms with van der Waals surface area (Å²) in [7, 11) is 1.62. The van der Waals surface area contributed by atoms with E-state index in [4.69, 9.17) is 27.9 Å². The maximum Gasteiger partial charge on any atom is 0.0731 e. The molecule has 0 unspecified atom stereocenters. The van der Waals surface area contributed by atoms with E-state index in [-0.39, 0.29) is 12.4 Å². The first-order valence-corrected chi connectivity index (χ1v) is 4.37. The second kappa shape index (κ2) is 6.44. The van der Waals surface area contributed by atoms with Crippen LogP contribution in [0.1, 0.15) is 11.1 Å². The number of hydrogen-bond acceptors (Lipinski definition) is 2. The average Bonchev–Trinajstić information content (AvgIpc) is 2.05. The predicted molar refractivity (Wildman–Crippen MR) is 56.8 cm³/mol. The number of nitrogens with zero attached hydrogens (tertiary/aromatic N) is 1. The SMILES string of the molecule is COCc1cncc(Cl)c1CCl.Cl. The van der Waals surface area contributed by atoms with Gasteiger partial charge in [0.05, 0.1) is 11.6 Å². The molecule has 0 bridgehead atoms. The molecule has 0 amide bonds. The largest absolute Gasteiger partial charge is 0.380 e. The van der Waals surface area contributed by atoms with Gasteiger partial charge < -0.3 is 4.74 Å². The molecule has 13 heavy (non-hydrogen) atoms. The van der Waals surface area contributed by atoms with E-state index < -0.39 is 0 Å². The summed E-state index contributed by atoms with van der Waals surface area (Å²) in [5.74, 6) is 0.389. The number of pyridine rings is 1. The van der Waals surface area contributed by atoms with Crippen molar-refractivity contribution in [2.45, 2.75) is 12.5 Å². The minimum atomic E-state index is 0. The molecule has 0 atom stereocenters. The molecule has 2 nitrogen and oxygen atoms in total. The summed E-state index contributed by atoms with van der Waals surface area (Å²) in [4.78, 5) is 3.94. The first-order chi connectivity index (χ1) is 5.79. The van der Waals surface area contributed by atoms with Crippen molar-refractivity contribution in [2.75, 3.05) is 7.11 Å².